The van der Waals surface area contributed by atoms with E-state index in [-0.39, 0.29) is 4.83 Å². The van der Waals surface area contributed by atoms with E-state index < -0.39 is 0 Å². The largest absolute Gasteiger partial charge is 0.349 e. The molecule has 0 saturated heterocycles. The predicted octanol–water partition coefficient (Wildman–Crippen LogP) is 4.50. The van der Waals surface area contributed by atoms with Crippen molar-refractivity contribution in [2.24, 2.45) is 0 Å². The van der Waals surface area contributed by atoms with E-state index in [2.05, 4.69) is 41.8 Å². The number of alkyl halides is 1. The lowest BCUT2D eigenvalue weighted by Crippen LogP contribution is -1.98. The zero-order valence-electron chi connectivity index (χ0n) is 8.25. The standard InChI is InChI=1S/C11H9Br2ClN2/c12-7-1-2-8(10(14)5-7)9(13)6-11-15-3-4-16-11/h1-5,9H,6H2,(H,15,16). The first-order chi connectivity index (χ1) is 7.66. The molecule has 1 unspecified atom stereocenters. The normalized spacial score (nSPS) is 12.7. The Morgan fingerprint density at radius 2 is 2.25 bits per heavy atom. The van der Waals surface area contributed by atoms with Gasteiger partial charge in [0.15, 0.2) is 0 Å². The van der Waals surface area contributed by atoms with E-state index in [4.69, 9.17) is 11.6 Å². The van der Waals surface area contributed by atoms with Gasteiger partial charge in [-0.05, 0) is 17.7 Å². The van der Waals surface area contributed by atoms with E-state index in [9.17, 15) is 0 Å². The first-order valence-corrected chi connectivity index (χ1v) is 6.83. The number of nitrogens with zero attached hydrogens (tertiary/aromatic N) is 1. The van der Waals surface area contributed by atoms with Gasteiger partial charge in [-0.25, -0.2) is 4.98 Å². The molecule has 2 rings (SSSR count). The minimum atomic E-state index is 0.166. The summed E-state index contributed by atoms with van der Waals surface area (Å²) in [5, 5.41) is 0.753. The first-order valence-electron chi connectivity index (χ1n) is 4.74. The maximum absolute atomic E-state index is 6.17. The summed E-state index contributed by atoms with van der Waals surface area (Å²) >= 11 is 13.2. The van der Waals surface area contributed by atoms with Crippen molar-refractivity contribution < 1.29 is 0 Å². The van der Waals surface area contributed by atoms with Crippen LogP contribution in [-0.2, 0) is 6.42 Å². The number of rotatable bonds is 3. The van der Waals surface area contributed by atoms with E-state index in [0.29, 0.717) is 0 Å². The highest BCUT2D eigenvalue weighted by molar-refractivity contribution is 9.10. The quantitative estimate of drug-likeness (QED) is 0.798. The van der Waals surface area contributed by atoms with Crippen LogP contribution in [0.25, 0.3) is 0 Å². The van der Waals surface area contributed by atoms with E-state index in [1.165, 1.54) is 0 Å². The Kier molecular flexibility index (Phi) is 4.05. The molecule has 1 heterocycles. The van der Waals surface area contributed by atoms with E-state index in [1.54, 1.807) is 6.20 Å². The van der Waals surface area contributed by atoms with E-state index in [0.717, 1.165) is 27.3 Å². The van der Waals surface area contributed by atoms with Crippen LogP contribution in [0.4, 0.5) is 0 Å². The molecule has 84 valence electrons. The van der Waals surface area contributed by atoms with Crippen LogP contribution in [-0.4, -0.2) is 9.97 Å². The van der Waals surface area contributed by atoms with Gasteiger partial charge in [0, 0.05) is 33.1 Å². The molecule has 0 bridgehead atoms. The van der Waals surface area contributed by atoms with Crippen molar-refractivity contribution in [1.82, 2.24) is 9.97 Å². The fourth-order valence-electron chi connectivity index (χ4n) is 1.44. The average Bonchev–Trinajstić information content (AvgIpc) is 2.70. The van der Waals surface area contributed by atoms with Gasteiger partial charge in [-0.3, -0.25) is 0 Å². The lowest BCUT2D eigenvalue weighted by atomic mass is 10.1. The number of hydrogen-bond donors (Lipinski definition) is 1. The summed E-state index contributed by atoms with van der Waals surface area (Å²) in [5.74, 6) is 0.945. The van der Waals surface area contributed by atoms with Crippen LogP contribution >= 0.6 is 43.5 Å². The lowest BCUT2D eigenvalue weighted by molar-refractivity contribution is 0.876. The molecule has 2 nitrogen and oxygen atoms in total. The zero-order chi connectivity index (χ0) is 11.5. The molecule has 1 aromatic heterocycles. The molecule has 1 N–H and O–H groups in total. The van der Waals surface area contributed by atoms with Crippen LogP contribution < -0.4 is 0 Å². The summed E-state index contributed by atoms with van der Waals surface area (Å²) < 4.78 is 0.985. The number of nitrogens with one attached hydrogen (secondary N) is 1. The second-order valence-electron chi connectivity index (χ2n) is 3.37. The third kappa shape index (κ3) is 2.87. The van der Waals surface area contributed by atoms with Gasteiger partial charge in [-0.15, -0.1) is 0 Å². The number of aromatic nitrogens is 2. The minimum Gasteiger partial charge on any atom is -0.349 e. The third-order valence-corrected chi connectivity index (χ3v) is 3.86. The maximum atomic E-state index is 6.17. The van der Waals surface area contributed by atoms with Gasteiger partial charge in [-0.1, -0.05) is 49.5 Å². The molecule has 0 spiro atoms. The molecule has 16 heavy (non-hydrogen) atoms. The molecule has 2 aromatic rings. The summed E-state index contributed by atoms with van der Waals surface area (Å²) in [7, 11) is 0. The fraction of sp³-hybridized carbons (Fsp3) is 0.182. The van der Waals surface area contributed by atoms with E-state index in [1.807, 2.05) is 24.4 Å². The second-order valence-corrected chi connectivity index (χ2v) is 5.80. The zero-order valence-corrected chi connectivity index (χ0v) is 12.2. The van der Waals surface area contributed by atoms with Crippen LogP contribution in [0.3, 0.4) is 0 Å². The molecule has 1 aromatic carbocycles. The van der Waals surface area contributed by atoms with Gasteiger partial charge >= 0.3 is 0 Å². The molecule has 0 amide bonds. The maximum Gasteiger partial charge on any atom is 0.107 e. The summed E-state index contributed by atoms with van der Waals surface area (Å²) in [6.45, 7) is 0. The topological polar surface area (TPSA) is 28.7 Å². The number of hydrogen-bond acceptors (Lipinski definition) is 1. The summed E-state index contributed by atoms with van der Waals surface area (Å²) in [5.41, 5.74) is 1.07. The number of H-pyrrole nitrogens is 1. The molecular weight excluding hydrogens is 355 g/mol. The molecule has 0 saturated carbocycles. The first kappa shape index (κ1) is 12.1. The second kappa shape index (κ2) is 5.34. The van der Waals surface area contributed by atoms with Crippen molar-refractivity contribution in [3.8, 4) is 0 Å². The Morgan fingerprint density at radius 1 is 1.44 bits per heavy atom. The Morgan fingerprint density at radius 3 is 2.88 bits per heavy atom. The number of aromatic amines is 1. The van der Waals surface area contributed by atoms with Gasteiger partial charge < -0.3 is 4.98 Å². The minimum absolute atomic E-state index is 0.166. The molecule has 5 heteroatoms. The molecule has 0 aliphatic carbocycles. The fourth-order valence-corrected chi connectivity index (χ4v) is 3.09. The molecule has 0 radical (unpaired) electrons. The summed E-state index contributed by atoms with van der Waals surface area (Å²) in [6.07, 6.45) is 4.35. The SMILES string of the molecule is Clc1cc(Br)ccc1C(Br)Cc1ncc[nH]1. The predicted molar refractivity (Wildman–Crippen MR) is 73.1 cm³/mol. The van der Waals surface area contributed by atoms with Crippen molar-refractivity contribution in [3.05, 3.63) is 51.5 Å². The molecular formula is C11H9Br2ClN2. The van der Waals surface area contributed by atoms with Gasteiger partial charge in [0.05, 0.1) is 0 Å². The smallest absolute Gasteiger partial charge is 0.107 e. The summed E-state index contributed by atoms with van der Waals surface area (Å²) in [6, 6.07) is 5.89. The Labute approximate surface area is 116 Å². The number of imidazole rings is 1. The number of benzene rings is 1. The Hall–Kier alpha value is -0.320. The lowest BCUT2D eigenvalue weighted by Gasteiger charge is -2.10. The molecule has 0 aliphatic heterocycles. The van der Waals surface area contributed by atoms with Crippen molar-refractivity contribution in [2.75, 3.05) is 0 Å². The third-order valence-electron chi connectivity index (χ3n) is 2.23. The van der Waals surface area contributed by atoms with Gasteiger partial charge in [0.1, 0.15) is 5.82 Å². The Balaban J connectivity index is 2.17. The molecule has 0 fully saturated rings. The summed E-state index contributed by atoms with van der Waals surface area (Å²) in [4.78, 5) is 7.43. The van der Waals surface area contributed by atoms with Crippen LogP contribution in [0.5, 0.6) is 0 Å². The van der Waals surface area contributed by atoms with Crippen molar-refractivity contribution >= 4 is 43.5 Å². The van der Waals surface area contributed by atoms with Crippen LogP contribution in [0.2, 0.25) is 5.02 Å². The van der Waals surface area contributed by atoms with E-state index >= 15 is 0 Å². The van der Waals surface area contributed by atoms with Crippen molar-refractivity contribution in [3.63, 3.8) is 0 Å². The highest BCUT2D eigenvalue weighted by atomic mass is 79.9. The molecule has 0 aliphatic rings. The van der Waals surface area contributed by atoms with Crippen LogP contribution in [0.15, 0.2) is 35.1 Å². The molecule has 1 atom stereocenters. The van der Waals surface area contributed by atoms with Gasteiger partial charge in [0.25, 0.3) is 0 Å². The average molecular weight is 364 g/mol. The Bertz CT molecular complexity index is 471. The van der Waals surface area contributed by atoms with Crippen LogP contribution in [0, 0.1) is 0 Å². The highest BCUT2D eigenvalue weighted by Crippen LogP contribution is 2.33. The number of halogens is 3. The monoisotopic (exact) mass is 362 g/mol. The van der Waals surface area contributed by atoms with Crippen molar-refractivity contribution in [2.45, 2.75) is 11.2 Å². The van der Waals surface area contributed by atoms with Gasteiger partial charge in [0.2, 0.25) is 0 Å². The highest BCUT2D eigenvalue weighted by Gasteiger charge is 2.13. The van der Waals surface area contributed by atoms with Crippen molar-refractivity contribution in [1.29, 1.82) is 0 Å². The van der Waals surface area contributed by atoms with Crippen LogP contribution in [0.1, 0.15) is 16.2 Å². The van der Waals surface area contributed by atoms with Gasteiger partial charge in [-0.2, -0.15) is 0 Å².